The number of para-hydroxylation sites is 1. The quantitative estimate of drug-likeness (QED) is 0.532. The van der Waals surface area contributed by atoms with Gasteiger partial charge in [0.25, 0.3) is 15.6 Å². The number of benzene rings is 2. The summed E-state index contributed by atoms with van der Waals surface area (Å²) in [6.45, 7) is 3.59. The number of H-pyrrole nitrogens is 1. The lowest BCUT2D eigenvalue weighted by atomic mass is 10.2. The van der Waals surface area contributed by atoms with E-state index in [1.165, 1.54) is 23.0 Å². The van der Waals surface area contributed by atoms with Gasteiger partial charge in [-0.05, 0) is 38.1 Å². The van der Waals surface area contributed by atoms with Crippen LogP contribution in [0.4, 0.5) is 0 Å². The molecule has 0 saturated heterocycles. The first-order chi connectivity index (χ1) is 12.4. The molecule has 3 aromatic rings. The van der Waals surface area contributed by atoms with E-state index in [1.807, 2.05) is 25.1 Å². The van der Waals surface area contributed by atoms with Crippen molar-refractivity contribution in [3.05, 3.63) is 81.8 Å². The number of nitrogens with zero attached hydrogens (tertiary/aromatic N) is 2. The van der Waals surface area contributed by atoms with Gasteiger partial charge in [-0.3, -0.25) is 9.89 Å². The normalized spacial score (nSPS) is 11.8. The van der Waals surface area contributed by atoms with E-state index in [4.69, 9.17) is 0 Å². The second-order valence-electron chi connectivity index (χ2n) is 5.79. The Morgan fingerprint density at radius 2 is 1.69 bits per heavy atom. The van der Waals surface area contributed by atoms with Gasteiger partial charge in [0.05, 0.1) is 22.4 Å². The second-order valence-corrected chi connectivity index (χ2v) is 7.45. The molecule has 7 nitrogen and oxygen atoms in total. The first-order valence-corrected chi connectivity index (χ1v) is 9.35. The zero-order chi connectivity index (χ0) is 18.7. The average molecular weight is 370 g/mol. The highest BCUT2D eigenvalue weighted by Crippen LogP contribution is 2.10. The molecule has 0 fully saturated rings. The van der Waals surface area contributed by atoms with Crippen LogP contribution in [0.25, 0.3) is 5.69 Å². The van der Waals surface area contributed by atoms with Crippen LogP contribution >= 0.6 is 0 Å². The molecule has 0 spiro atoms. The van der Waals surface area contributed by atoms with E-state index < -0.39 is 10.0 Å². The smallest absolute Gasteiger partial charge is 0.280 e. The lowest BCUT2D eigenvalue weighted by molar-refractivity contribution is 0.584. The predicted molar refractivity (Wildman–Crippen MR) is 100 cm³/mol. The van der Waals surface area contributed by atoms with E-state index >= 15 is 0 Å². The third-order valence-corrected chi connectivity index (χ3v) is 5.07. The van der Waals surface area contributed by atoms with Gasteiger partial charge >= 0.3 is 0 Å². The van der Waals surface area contributed by atoms with E-state index in [0.717, 1.165) is 5.56 Å². The fraction of sp³-hybridized carbons (Fsp3) is 0.111. The Hall–Kier alpha value is -3.13. The highest BCUT2D eigenvalue weighted by atomic mass is 32.2. The summed E-state index contributed by atoms with van der Waals surface area (Å²) in [4.78, 5) is 14.7. The van der Waals surface area contributed by atoms with Gasteiger partial charge in [-0.15, -0.1) is 0 Å². The summed E-state index contributed by atoms with van der Waals surface area (Å²) in [7, 11) is -3.79. The fourth-order valence-electron chi connectivity index (χ4n) is 2.40. The van der Waals surface area contributed by atoms with Crippen molar-refractivity contribution in [3.63, 3.8) is 0 Å². The molecule has 0 unspecified atom stereocenters. The van der Waals surface area contributed by atoms with E-state index in [1.54, 1.807) is 31.2 Å². The average Bonchev–Trinajstić information content (AvgIpc) is 2.91. The summed E-state index contributed by atoms with van der Waals surface area (Å²) in [5.74, 6) is 0. The lowest BCUT2D eigenvalue weighted by Crippen LogP contribution is -2.20. The number of hydrazone groups is 1. The number of hydrogen-bond donors (Lipinski definition) is 2. The Bertz CT molecular complexity index is 1100. The van der Waals surface area contributed by atoms with Crippen LogP contribution in [0.2, 0.25) is 0 Å². The van der Waals surface area contributed by atoms with Gasteiger partial charge in [0.15, 0.2) is 0 Å². The van der Waals surface area contributed by atoms with Crippen molar-refractivity contribution in [3.8, 4) is 5.69 Å². The van der Waals surface area contributed by atoms with Crippen molar-refractivity contribution >= 4 is 16.2 Å². The Morgan fingerprint density at radius 1 is 1.04 bits per heavy atom. The van der Waals surface area contributed by atoms with Gasteiger partial charge in [-0.25, -0.2) is 9.51 Å². The first kappa shape index (κ1) is 17.7. The molecule has 0 bridgehead atoms. The SMILES string of the molecule is Cc1ccc(S(=O)(=O)NN=Cc2c(C)[nH]n(-c3ccccc3)c2=O)cc1. The molecule has 2 N–H and O–H groups in total. The van der Waals surface area contributed by atoms with E-state index in [2.05, 4.69) is 15.0 Å². The van der Waals surface area contributed by atoms with E-state index in [9.17, 15) is 13.2 Å². The van der Waals surface area contributed by atoms with Crippen molar-refractivity contribution in [1.82, 2.24) is 14.6 Å². The number of rotatable bonds is 5. The van der Waals surface area contributed by atoms with Crippen LogP contribution < -0.4 is 10.4 Å². The number of sulfonamides is 1. The summed E-state index contributed by atoms with van der Waals surface area (Å²) in [6, 6.07) is 15.5. The van der Waals surface area contributed by atoms with Crippen LogP contribution in [0.5, 0.6) is 0 Å². The van der Waals surface area contributed by atoms with Crippen LogP contribution in [-0.2, 0) is 10.0 Å². The molecule has 134 valence electrons. The molecule has 0 saturated carbocycles. The molecule has 0 amide bonds. The molecular weight excluding hydrogens is 352 g/mol. The minimum Gasteiger partial charge on any atom is -0.295 e. The number of nitrogens with one attached hydrogen (secondary N) is 2. The summed E-state index contributed by atoms with van der Waals surface area (Å²) in [5, 5.41) is 6.69. The molecule has 0 radical (unpaired) electrons. The lowest BCUT2D eigenvalue weighted by Gasteiger charge is -2.03. The van der Waals surface area contributed by atoms with E-state index in [0.29, 0.717) is 11.4 Å². The maximum Gasteiger partial charge on any atom is 0.280 e. The van der Waals surface area contributed by atoms with Crippen LogP contribution in [0, 0.1) is 13.8 Å². The van der Waals surface area contributed by atoms with Crippen molar-refractivity contribution < 1.29 is 8.42 Å². The Morgan fingerprint density at radius 3 is 2.35 bits per heavy atom. The topological polar surface area (TPSA) is 96.3 Å². The minimum absolute atomic E-state index is 0.104. The highest BCUT2D eigenvalue weighted by molar-refractivity contribution is 7.89. The van der Waals surface area contributed by atoms with Crippen molar-refractivity contribution in [2.45, 2.75) is 18.7 Å². The largest absolute Gasteiger partial charge is 0.295 e. The zero-order valence-corrected chi connectivity index (χ0v) is 15.1. The van der Waals surface area contributed by atoms with Crippen LogP contribution in [0.15, 0.2) is 69.4 Å². The maximum absolute atomic E-state index is 12.5. The number of hydrogen-bond acceptors (Lipinski definition) is 4. The molecule has 1 heterocycles. The molecule has 1 aromatic heterocycles. The van der Waals surface area contributed by atoms with Crippen molar-refractivity contribution in [1.29, 1.82) is 0 Å². The summed E-state index contributed by atoms with van der Waals surface area (Å²) in [5.41, 5.74) is 2.18. The van der Waals surface area contributed by atoms with Gasteiger partial charge in [-0.2, -0.15) is 13.5 Å². The van der Waals surface area contributed by atoms with Crippen LogP contribution in [-0.4, -0.2) is 24.4 Å². The van der Waals surface area contributed by atoms with Gasteiger partial charge in [0.2, 0.25) is 0 Å². The molecular formula is C18H18N4O3S. The van der Waals surface area contributed by atoms with Crippen molar-refractivity contribution in [2.24, 2.45) is 5.10 Å². The molecule has 8 heteroatoms. The summed E-state index contributed by atoms with van der Waals surface area (Å²) < 4.78 is 25.8. The van der Waals surface area contributed by atoms with Gasteiger partial charge in [0, 0.05) is 5.69 Å². The first-order valence-electron chi connectivity index (χ1n) is 7.87. The molecule has 26 heavy (non-hydrogen) atoms. The molecule has 0 aliphatic heterocycles. The summed E-state index contributed by atoms with van der Waals surface area (Å²) in [6.07, 6.45) is 1.21. The maximum atomic E-state index is 12.5. The third kappa shape index (κ3) is 3.60. The van der Waals surface area contributed by atoms with Gasteiger partial charge < -0.3 is 0 Å². The highest BCUT2D eigenvalue weighted by Gasteiger charge is 2.13. The minimum atomic E-state index is -3.79. The molecule has 0 aliphatic carbocycles. The number of aryl methyl sites for hydroxylation is 2. The van der Waals surface area contributed by atoms with Gasteiger partial charge in [-0.1, -0.05) is 35.9 Å². The zero-order valence-electron chi connectivity index (χ0n) is 14.3. The number of aromatic nitrogens is 2. The fourth-order valence-corrected chi connectivity index (χ4v) is 3.19. The number of aromatic amines is 1. The second kappa shape index (κ2) is 7.01. The molecule has 0 atom stereocenters. The monoisotopic (exact) mass is 370 g/mol. The Labute approximate surface area is 151 Å². The Balaban J connectivity index is 1.84. The van der Waals surface area contributed by atoms with Crippen molar-refractivity contribution in [2.75, 3.05) is 0 Å². The predicted octanol–water partition coefficient (Wildman–Crippen LogP) is 2.09. The standard InChI is InChI=1S/C18H18N4O3S/c1-13-8-10-16(11-9-13)26(24,25)21-19-12-17-14(2)20-22(18(17)23)15-6-4-3-5-7-15/h3-12,20-21H,1-2H3. The van der Waals surface area contributed by atoms with E-state index in [-0.39, 0.29) is 16.0 Å². The Kier molecular flexibility index (Phi) is 4.77. The third-order valence-electron chi connectivity index (χ3n) is 3.83. The molecule has 2 aromatic carbocycles. The summed E-state index contributed by atoms with van der Waals surface area (Å²) >= 11 is 0. The van der Waals surface area contributed by atoms with Gasteiger partial charge in [0.1, 0.15) is 0 Å². The molecule has 3 rings (SSSR count). The van der Waals surface area contributed by atoms with Crippen LogP contribution in [0.3, 0.4) is 0 Å². The molecule has 0 aliphatic rings. The van der Waals surface area contributed by atoms with Crippen LogP contribution in [0.1, 0.15) is 16.8 Å².